The summed E-state index contributed by atoms with van der Waals surface area (Å²) in [5.41, 5.74) is 3.05. The lowest BCUT2D eigenvalue weighted by atomic mass is 9.63. The zero-order valence-corrected chi connectivity index (χ0v) is 20.0. The fourth-order valence-electron chi connectivity index (χ4n) is 6.20. The summed E-state index contributed by atoms with van der Waals surface area (Å²) < 4.78 is 35.5. The van der Waals surface area contributed by atoms with Crippen LogP contribution in [0.1, 0.15) is 68.9 Å². The van der Waals surface area contributed by atoms with E-state index in [2.05, 4.69) is 13.0 Å². The fraction of sp³-hybridized carbons (Fsp3) is 0.419. The summed E-state index contributed by atoms with van der Waals surface area (Å²) in [6, 6.07) is 19.9. The number of rotatable bonds is 6. The number of halogens is 2. The van der Waals surface area contributed by atoms with Crippen LogP contribution in [-0.2, 0) is 6.61 Å². The molecule has 3 aromatic rings. The topological polar surface area (TPSA) is 9.23 Å². The average Bonchev–Trinajstić information content (AvgIpc) is 2.88. The van der Waals surface area contributed by atoms with Crippen LogP contribution in [0.15, 0.2) is 66.7 Å². The van der Waals surface area contributed by atoms with E-state index in [0.29, 0.717) is 23.7 Å². The molecule has 0 aromatic heterocycles. The molecule has 5 rings (SSSR count). The Morgan fingerprint density at radius 3 is 2.35 bits per heavy atom. The van der Waals surface area contributed by atoms with Crippen LogP contribution in [0, 0.1) is 29.4 Å². The zero-order chi connectivity index (χ0) is 23.5. The first-order chi connectivity index (χ1) is 16.6. The normalized spacial score (nSPS) is 24.4. The maximum atomic E-state index is 15.2. The molecule has 3 aromatic carbocycles. The van der Waals surface area contributed by atoms with Gasteiger partial charge >= 0.3 is 0 Å². The summed E-state index contributed by atoms with van der Waals surface area (Å²) in [4.78, 5) is 0. The largest absolute Gasteiger partial charge is 0.486 e. The van der Waals surface area contributed by atoms with Gasteiger partial charge in [-0.2, -0.15) is 0 Å². The molecule has 0 N–H and O–H groups in total. The Hall–Kier alpha value is -2.68. The molecular weight excluding hydrogens is 426 g/mol. The third-order valence-electron chi connectivity index (χ3n) is 8.24. The molecular formula is C31H34F2O. The van der Waals surface area contributed by atoms with Crippen molar-refractivity contribution in [1.82, 2.24) is 0 Å². The van der Waals surface area contributed by atoms with Crippen molar-refractivity contribution >= 4 is 0 Å². The second-order valence-electron chi connectivity index (χ2n) is 10.3. The fourth-order valence-corrected chi connectivity index (χ4v) is 6.20. The van der Waals surface area contributed by atoms with E-state index in [1.807, 2.05) is 36.4 Å². The number of hydrogen-bond donors (Lipinski definition) is 0. The van der Waals surface area contributed by atoms with Gasteiger partial charge in [0.05, 0.1) is 0 Å². The van der Waals surface area contributed by atoms with E-state index in [-0.39, 0.29) is 11.6 Å². The summed E-state index contributed by atoms with van der Waals surface area (Å²) in [5.74, 6) is 2.44. The van der Waals surface area contributed by atoms with Crippen molar-refractivity contribution in [3.63, 3.8) is 0 Å². The molecule has 3 heteroatoms. The van der Waals surface area contributed by atoms with Gasteiger partial charge < -0.3 is 4.74 Å². The number of hydrogen-bond acceptors (Lipinski definition) is 1. The lowest BCUT2D eigenvalue weighted by molar-refractivity contribution is 0.116. The van der Waals surface area contributed by atoms with Crippen molar-refractivity contribution in [2.24, 2.45) is 17.8 Å². The Bertz CT molecular complexity index is 1110. The maximum Gasteiger partial charge on any atom is 0.165 e. The molecule has 0 heterocycles. The minimum absolute atomic E-state index is 0.180. The highest BCUT2D eigenvalue weighted by atomic mass is 19.1. The Labute approximate surface area is 202 Å². The highest BCUT2D eigenvalue weighted by Gasteiger charge is 2.35. The number of ether oxygens (including phenoxy) is 1. The molecule has 0 saturated heterocycles. The highest BCUT2D eigenvalue weighted by molar-refractivity contribution is 5.65. The van der Waals surface area contributed by atoms with Gasteiger partial charge in [-0.15, -0.1) is 0 Å². The second kappa shape index (κ2) is 10.3. The molecule has 0 spiro atoms. The van der Waals surface area contributed by atoms with Crippen molar-refractivity contribution in [3.8, 4) is 16.9 Å². The molecule has 0 amide bonds. The van der Waals surface area contributed by atoms with Crippen LogP contribution >= 0.6 is 0 Å². The van der Waals surface area contributed by atoms with Gasteiger partial charge in [0, 0.05) is 5.56 Å². The summed E-state index contributed by atoms with van der Waals surface area (Å²) >= 11 is 0. The minimum Gasteiger partial charge on any atom is -0.486 e. The molecule has 1 nitrogen and oxygen atoms in total. The Kier molecular flexibility index (Phi) is 6.99. The second-order valence-corrected chi connectivity index (χ2v) is 10.3. The van der Waals surface area contributed by atoms with Crippen LogP contribution in [0.3, 0.4) is 0 Å². The summed E-state index contributed by atoms with van der Waals surface area (Å²) in [7, 11) is 0. The standard InChI is InChI=1S/C31H34F2O/c1-2-21-8-9-24-17-25(11-10-23(24)16-21)26-12-14-28(29(32)18-26)27-13-15-31(30(33)19-27)34-20-22-6-4-3-5-7-22/h3-7,12-15,18-19,21,23-25H,2,8-11,16-17,20H2,1H3. The van der Waals surface area contributed by atoms with Crippen molar-refractivity contribution in [1.29, 1.82) is 0 Å². The van der Waals surface area contributed by atoms with Crippen LogP contribution in [-0.4, -0.2) is 0 Å². The van der Waals surface area contributed by atoms with Crippen LogP contribution in [0.4, 0.5) is 8.78 Å². The molecule has 178 valence electrons. The molecule has 0 aliphatic heterocycles. The van der Waals surface area contributed by atoms with Crippen LogP contribution in [0.25, 0.3) is 11.1 Å². The first kappa shape index (κ1) is 23.1. The van der Waals surface area contributed by atoms with E-state index in [9.17, 15) is 4.39 Å². The highest BCUT2D eigenvalue weighted by Crippen LogP contribution is 2.48. The van der Waals surface area contributed by atoms with Crippen LogP contribution < -0.4 is 4.74 Å². The van der Waals surface area contributed by atoms with Crippen LogP contribution in [0.2, 0.25) is 0 Å². The molecule has 2 aliphatic carbocycles. The van der Waals surface area contributed by atoms with Gasteiger partial charge in [-0.1, -0.05) is 68.3 Å². The van der Waals surface area contributed by atoms with E-state index in [4.69, 9.17) is 4.74 Å². The van der Waals surface area contributed by atoms with E-state index < -0.39 is 5.82 Å². The van der Waals surface area contributed by atoms with Crippen molar-refractivity contribution < 1.29 is 13.5 Å². The quantitative estimate of drug-likeness (QED) is 0.357. The summed E-state index contributed by atoms with van der Waals surface area (Å²) in [5, 5.41) is 0. The molecule has 34 heavy (non-hydrogen) atoms. The van der Waals surface area contributed by atoms with Crippen molar-refractivity contribution in [3.05, 3.63) is 89.5 Å². The predicted octanol–water partition coefficient (Wildman–Crippen LogP) is 8.92. The Morgan fingerprint density at radius 2 is 1.59 bits per heavy atom. The molecule has 4 atom stereocenters. The molecule has 0 bridgehead atoms. The number of fused-ring (bicyclic) bond motifs is 1. The predicted molar refractivity (Wildman–Crippen MR) is 134 cm³/mol. The lowest BCUT2D eigenvalue weighted by Crippen LogP contribution is -2.30. The van der Waals surface area contributed by atoms with E-state index in [1.54, 1.807) is 18.2 Å². The maximum absolute atomic E-state index is 15.2. The average molecular weight is 461 g/mol. The zero-order valence-electron chi connectivity index (χ0n) is 20.0. The van der Waals surface area contributed by atoms with E-state index >= 15 is 4.39 Å². The van der Waals surface area contributed by atoms with Crippen LogP contribution in [0.5, 0.6) is 5.75 Å². The van der Waals surface area contributed by atoms with Gasteiger partial charge in [-0.25, -0.2) is 8.78 Å². The van der Waals surface area contributed by atoms with E-state index in [1.165, 1.54) is 44.6 Å². The summed E-state index contributed by atoms with van der Waals surface area (Å²) in [6.45, 7) is 2.61. The van der Waals surface area contributed by atoms with Crippen molar-refractivity contribution in [2.75, 3.05) is 0 Å². The third kappa shape index (κ3) is 5.04. The number of benzene rings is 3. The molecule has 4 unspecified atom stereocenters. The molecule has 0 radical (unpaired) electrons. The smallest absolute Gasteiger partial charge is 0.165 e. The monoisotopic (exact) mass is 460 g/mol. The van der Waals surface area contributed by atoms with Gasteiger partial charge in [0.2, 0.25) is 0 Å². The van der Waals surface area contributed by atoms with Crippen molar-refractivity contribution in [2.45, 2.75) is 64.4 Å². The van der Waals surface area contributed by atoms with Gasteiger partial charge in [-0.3, -0.25) is 0 Å². The minimum atomic E-state index is -0.474. The molecule has 2 fully saturated rings. The SMILES string of the molecule is CCC1CCC2CC(c3ccc(-c4ccc(OCc5ccccc5)c(F)c4)c(F)c3)CCC2C1. The van der Waals surface area contributed by atoms with Gasteiger partial charge in [0.25, 0.3) is 0 Å². The summed E-state index contributed by atoms with van der Waals surface area (Å²) in [6.07, 6.45) is 8.98. The molecule has 2 aliphatic rings. The molecule has 2 saturated carbocycles. The Morgan fingerprint density at radius 1 is 0.794 bits per heavy atom. The van der Waals surface area contributed by atoms with Gasteiger partial charge in [0.1, 0.15) is 12.4 Å². The van der Waals surface area contributed by atoms with Gasteiger partial charge in [0.15, 0.2) is 11.6 Å². The lowest BCUT2D eigenvalue weighted by Gasteiger charge is -2.42. The third-order valence-corrected chi connectivity index (χ3v) is 8.24. The first-order valence-corrected chi connectivity index (χ1v) is 12.9. The Balaban J connectivity index is 1.26. The van der Waals surface area contributed by atoms with Gasteiger partial charge in [-0.05, 0) is 90.7 Å². The van der Waals surface area contributed by atoms with E-state index in [0.717, 1.165) is 35.3 Å². The first-order valence-electron chi connectivity index (χ1n) is 12.9.